The molecule has 0 N–H and O–H groups in total. The van der Waals surface area contributed by atoms with Crippen LogP contribution in [0.3, 0.4) is 0 Å². The highest BCUT2D eigenvalue weighted by Gasteiger charge is 2.77. The van der Waals surface area contributed by atoms with Crippen LogP contribution >= 0.6 is 0 Å². The molecule has 0 radical (unpaired) electrons. The van der Waals surface area contributed by atoms with Gasteiger partial charge in [0.15, 0.2) is 11.7 Å². The quantitative estimate of drug-likeness (QED) is 0.515. The van der Waals surface area contributed by atoms with E-state index in [1.54, 1.807) is 0 Å². The first kappa shape index (κ1) is 8.92. The maximum Gasteiger partial charge on any atom is 0.339 e. The molecule has 3 rings (SSSR count). The molecule has 0 saturated carbocycles. The molecule has 78 valence electrons. The fourth-order valence-electron chi connectivity index (χ4n) is 2.46. The fraction of sp³-hybridized carbons (Fsp3) is 0.417. The lowest BCUT2D eigenvalue weighted by Crippen LogP contribution is -2.36. The van der Waals surface area contributed by atoms with E-state index < -0.39 is 17.3 Å². The minimum Gasteiger partial charge on any atom is -0.454 e. The minimum absolute atomic E-state index is 0.246. The normalized spacial score (nSPS) is 35.9. The Morgan fingerprint density at radius 3 is 2.33 bits per heavy atom. The second-order valence-electron chi connectivity index (χ2n) is 4.53. The molecule has 3 nitrogen and oxygen atoms in total. The number of fused-ring (bicyclic) bond motifs is 1. The lowest BCUT2D eigenvalue weighted by atomic mass is 9.83. The first-order valence-electron chi connectivity index (χ1n) is 5.04. The van der Waals surface area contributed by atoms with Crippen molar-refractivity contribution < 1.29 is 14.3 Å². The Kier molecular flexibility index (Phi) is 1.44. The Balaban J connectivity index is 2.11. The second-order valence-corrected chi connectivity index (χ2v) is 4.53. The third-order valence-electron chi connectivity index (χ3n) is 3.28. The van der Waals surface area contributed by atoms with E-state index in [0.29, 0.717) is 0 Å². The molecule has 1 aromatic carbocycles. The van der Waals surface area contributed by atoms with Crippen molar-refractivity contribution in [1.29, 1.82) is 0 Å². The largest absolute Gasteiger partial charge is 0.454 e. The Bertz CT molecular complexity index is 424. The van der Waals surface area contributed by atoms with Gasteiger partial charge in [-0.25, -0.2) is 4.79 Å². The van der Waals surface area contributed by atoms with Crippen molar-refractivity contribution >= 4 is 5.97 Å². The molecule has 2 aliphatic rings. The van der Waals surface area contributed by atoms with E-state index in [1.807, 2.05) is 44.2 Å². The average molecular weight is 204 g/mol. The third-order valence-corrected chi connectivity index (χ3v) is 3.28. The highest BCUT2D eigenvalue weighted by atomic mass is 16.7. The molecule has 2 saturated heterocycles. The topological polar surface area (TPSA) is 38.8 Å². The van der Waals surface area contributed by atoms with Gasteiger partial charge in [-0.05, 0) is 19.4 Å². The fourth-order valence-corrected chi connectivity index (χ4v) is 2.46. The van der Waals surface area contributed by atoms with Gasteiger partial charge in [0.25, 0.3) is 0 Å². The van der Waals surface area contributed by atoms with Crippen molar-refractivity contribution in [2.75, 3.05) is 0 Å². The summed E-state index contributed by atoms with van der Waals surface area (Å²) in [5.74, 6) is -0.246. The predicted octanol–water partition coefficient (Wildman–Crippen LogP) is 1.62. The van der Waals surface area contributed by atoms with Gasteiger partial charge in [-0.1, -0.05) is 30.3 Å². The standard InChI is InChI=1S/C12H12O3/c1-11(2)12(8-6-4-3-5-7-8)9(14-12)10(13)15-11/h3-7,9H,1-2H3/t9-,12-/m1/s1. The summed E-state index contributed by atoms with van der Waals surface area (Å²) < 4.78 is 10.9. The van der Waals surface area contributed by atoms with Crippen LogP contribution in [-0.2, 0) is 19.9 Å². The summed E-state index contributed by atoms with van der Waals surface area (Å²) in [4.78, 5) is 11.5. The van der Waals surface area contributed by atoms with E-state index in [4.69, 9.17) is 9.47 Å². The molecule has 2 heterocycles. The minimum atomic E-state index is -0.573. The molecule has 2 fully saturated rings. The van der Waals surface area contributed by atoms with Gasteiger partial charge in [0.1, 0.15) is 5.60 Å². The van der Waals surface area contributed by atoms with Gasteiger partial charge in [-0.15, -0.1) is 0 Å². The number of carbonyl (C=O) groups excluding carboxylic acids is 1. The van der Waals surface area contributed by atoms with Gasteiger partial charge < -0.3 is 9.47 Å². The monoisotopic (exact) mass is 204 g/mol. The average Bonchev–Trinajstić information content (AvgIpc) is 2.90. The summed E-state index contributed by atoms with van der Waals surface area (Å²) in [5.41, 5.74) is -0.104. The molecule has 0 aliphatic carbocycles. The zero-order chi connectivity index (χ0) is 10.7. The van der Waals surface area contributed by atoms with Crippen molar-refractivity contribution in [2.45, 2.75) is 31.2 Å². The Labute approximate surface area is 88.0 Å². The van der Waals surface area contributed by atoms with E-state index in [1.165, 1.54) is 0 Å². The number of benzene rings is 1. The van der Waals surface area contributed by atoms with Gasteiger partial charge in [-0.3, -0.25) is 0 Å². The zero-order valence-electron chi connectivity index (χ0n) is 8.69. The van der Waals surface area contributed by atoms with Crippen molar-refractivity contribution in [3.8, 4) is 0 Å². The molecular weight excluding hydrogens is 192 g/mol. The molecule has 0 aromatic heterocycles. The van der Waals surface area contributed by atoms with Crippen LogP contribution in [0.1, 0.15) is 19.4 Å². The summed E-state index contributed by atoms with van der Waals surface area (Å²) in [6.07, 6.45) is -0.408. The summed E-state index contributed by atoms with van der Waals surface area (Å²) in [6.45, 7) is 3.79. The zero-order valence-corrected chi connectivity index (χ0v) is 8.69. The lowest BCUT2D eigenvalue weighted by molar-refractivity contribution is -0.160. The van der Waals surface area contributed by atoms with Crippen LogP contribution < -0.4 is 0 Å². The van der Waals surface area contributed by atoms with Gasteiger partial charge in [-0.2, -0.15) is 0 Å². The molecule has 2 aliphatic heterocycles. The number of rotatable bonds is 1. The van der Waals surface area contributed by atoms with Crippen LogP contribution in [0.2, 0.25) is 0 Å². The van der Waals surface area contributed by atoms with Crippen molar-refractivity contribution in [3.05, 3.63) is 35.9 Å². The highest BCUT2D eigenvalue weighted by Crippen LogP contribution is 2.60. The third kappa shape index (κ3) is 0.913. The summed E-state index contributed by atoms with van der Waals surface area (Å²) in [6, 6.07) is 9.79. The highest BCUT2D eigenvalue weighted by molar-refractivity contribution is 5.84. The van der Waals surface area contributed by atoms with E-state index in [9.17, 15) is 4.79 Å². The number of epoxide rings is 1. The van der Waals surface area contributed by atoms with Gasteiger partial charge in [0.05, 0.1) is 0 Å². The van der Waals surface area contributed by atoms with Crippen LogP contribution in [0, 0.1) is 0 Å². The van der Waals surface area contributed by atoms with Crippen LogP contribution in [0.25, 0.3) is 0 Å². The molecule has 0 unspecified atom stereocenters. The molecular formula is C12H12O3. The Morgan fingerprint density at radius 1 is 1.20 bits per heavy atom. The molecule has 2 atom stereocenters. The van der Waals surface area contributed by atoms with E-state index in [0.717, 1.165) is 5.56 Å². The van der Waals surface area contributed by atoms with Crippen molar-refractivity contribution in [3.63, 3.8) is 0 Å². The summed E-state index contributed by atoms with van der Waals surface area (Å²) in [5, 5.41) is 0. The van der Waals surface area contributed by atoms with Gasteiger partial charge in [0, 0.05) is 0 Å². The van der Waals surface area contributed by atoms with Crippen LogP contribution in [-0.4, -0.2) is 17.7 Å². The predicted molar refractivity (Wildman–Crippen MR) is 53.2 cm³/mol. The van der Waals surface area contributed by atoms with Crippen molar-refractivity contribution in [2.24, 2.45) is 0 Å². The molecule has 3 heteroatoms. The SMILES string of the molecule is CC1(C)OC(=O)[C@H]2O[C@]21c1ccccc1. The first-order chi connectivity index (χ1) is 7.08. The molecule has 1 aromatic rings. The molecule has 15 heavy (non-hydrogen) atoms. The second kappa shape index (κ2) is 2.42. The maximum absolute atomic E-state index is 11.5. The van der Waals surface area contributed by atoms with E-state index in [-0.39, 0.29) is 5.97 Å². The van der Waals surface area contributed by atoms with Crippen molar-refractivity contribution in [1.82, 2.24) is 0 Å². The number of carbonyl (C=O) groups is 1. The Hall–Kier alpha value is -1.35. The number of hydrogen-bond acceptors (Lipinski definition) is 3. The smallest absolute Gasteiger partial charge is 0.339 e. The van der Waals surface area contributed by atoms with Crippen LogP contribution in [0.4, 0.5) is 0 Å². The lowest BCUT2D eigenvalue weighted by Gasteiger charge is -2.27. The Morgan fingerprint density at radius 2 is 1.87 bits per heavy atom. The van der Waals surface area contributed by atoms with Crippen LogP contribution in [0.5, 0.6) is 0 Å². The van der Waals surface area contributed by atoms with E-state index >= 15 is 0 Å². The van der Waals surface area contributed by atoms with Gasteiger partial charge in [0.2, 0.25) is 0 Å². The number of esters is 1. The number of hydrogen-bond donors (Lipinski definition) is 0. The summed E-state index contributed by atoms with van der Waals surface area (Å²) in [7, 11) is 0. The van der Waals surface area contributed by atoms with Crippen LogP contribution in [0.15, 0.2) is 30.3 Å². The van der Waals surface area contributed by atoms with Gasteiger partial charge >= 0.3 is 5.97 Å². The number of cyclic esters (lactones) is 1. The first-order valence-corrected chi connectivity index (χ1v) is 5.04. The van der Waals surface area contributed by atoms with E-state index in [2.05, 4.69) is 0 Å². The maximum atomic E-state index is 11.5. The molecule has 0 amide bonds. The number of ether oxygens (including phenoxy) is 2. The summed E-state index contributed by atoms with van der Waals surface area (Å²) >= 11 is 0. The molecule has 0 bridgehead atoms. The molecule has 0 spiro atoms.